The third-order valence-corrected chi connectivity index (χ3v) is 4.91. The second-order valence-corrected chi connectivity index (χ2v) is 7.10. The van der Waals surface area contributed by atoms with Gasteiger partial charge in [-0.05, 0) is 49.1 Å². The van der Waals surface area contributed by atoms with Crippen LogP contribution in [0.2, 0.25) is 0 Å². The van der Waals surface area contributed by atoms with Crippen molar-refractivity contribution < 1.29 is 4.74 Å². The maximum absolute atomic E-state index is 5.40. The largest absolute Gasteiger partial charge is 0.497 e. The van der Waals surface area contributed by atoms with Gasteiger partial charge in [-0.1, -0.05) is 42.3 Å². The fraction of sp³-hybridized carbons (Fsp3) is 0.160. The van der Waals surface area contributed by atoms with Gasteiger partial charge in [0.25, 0.3) is 0 Å². The van der Waals surface area contributed by atoms with E-state index in [2.05, 4.69) is 11.8 Å². The fourth-order valence-electron chi connectivity index (χ4n) is 3.21. The molecule has 0 spiro atoms. The molecule has 0 saturated heterocycles. The van der Waals surface area contributed by atoms with Crippen molar-refractivity contribution in [2.75, 3.05) is 7.11 Å². The highest BCUT2D eigenvalue weighted by atomic mass is 16.5. The average molecular weight is 377 g/mol. The summed E-state index contributed by atoms with van der Waals surface area (Å²) in [5.74, 6) is 8.37. The molecule has 0 radical (unpaired) electrons. The topological polar surface area (TPSA) is 47.9 Å². The summed E-state index contributed by atoms with van der Waals surface area (Å²) in [4.78, 5) is 14.4. The average Bonchev–Trinajstić information content (AvgIpc) is 3.62. The van der Waals surface area contributed by atoms with Crippen LogP contribution in [0.3, 0.4) is 0 Å². The Kier molecular flexibility index (Phi) is 4.42. The van der Waals surface area contributed by atoms with Crippen LogP contribution < -0.4 is 4.74 Å². The lowest BCUT2D eigenvalue weighted by molar-refractivity contribution is 0.415. The number of hydrogen-bond donors (Lipinski definition) is 0. The van der Waals surface area contributed by atoms with Crippen LogP contribution in [0, 0.1) is 17.8 Å². The maximum atomic E-state index is 5.40. The monoisotopic (exact) mass is 377 g/mol. The first kappa shape index (κ1) is 17.4. The zero-order valence-electron chi connectivity index (χ0n) is 16.1. The van der Waals surface area contributed by atoms with Crippen LogP contribution in [0.4, 0.5) is 0 Å². The highest BCUT2D eigenvalue weighted by molar-refractivity contribution is 5.93. The third-order valence-electron chi connectivity index (χ3n) is 4.91. The molecule has 1 aliphatic rings. The van der Waals surface area contributed by atoms with Gasteiger partial charge in [0.2, 0.25) is 0 Å². The molecular formula is C25H19N3O. The lowest BCUT2D eigenvalue weighted by Crippen LogP contribution is -1.97. The first-order valence-electron chi connectivity index (χ1n) is 9.70. The molecule has 2 aromatic heterocycles. The van der Waals surface area contributed by atoms with Gasteiger partial charge in [0.05, 0.1) is 18.3 Å². The minimum absolute atomic E-state index is 0.539. The molecule has 0 aliphatic heterocycles. The number of rotatable bonds is 3. The Bertz CT molecular complexity index is 1270. The van der Waals surface area contributed by atoms with E-state index < -0.39 is 0 Å². The third kappa shape index (κ3) is 3.68. The van der Waals surface area contributed by atoms with E-state index in [4.69, 9.17) is 19.7 Å². The van der Waals surface area contributed by atoms with E-state index in [1.807, 2.05) is 66.7 Å². The summed E-state index contributed by atoms with van der Waals surface area (Å²) in [5.41, 5.74) is 4.21. The van der Waals surface area contributed by atoms with Gasteiger partial charge in [-0.15, -0.1) is 0 Å². The second kappa shape index (κ2) is 7.37. The Labute approximate surface area is 169 Å². The van der Waals surface area contributed by atoms with E-state index in [1.165, 1.54) is 12.8 Å². The molecule has 4 nitrogen and oxygen atoms in total. The standard InChI is InChI=1S/C25H19N3O/c1-29-20-8-4-6-18(16-20)24-21-9-2-3-10-22(21)27-25(28-24)23-11-5-7-19(26-23)15-14-17-12-13-17/h2-11,16-17H,12-13H2,1H3. The van der Waals surface area contributed by atoms with E-state index in [0.717, 1.165) is 39.3 Å². The molecule has 5 rings (SSSR count). The van der Waals surface area contributed by atoms with Gasteiger partial charge in [0.1, 0.15) is 17.1 Å². The smallest absolute Gasteiger partial charge is 0.179 e. The summed E-state index contributed by atoms with van der Waals surface area (Å²) >= 11 is 0. The van der Waals surface area contributed by atoms with Gasteiger partial charge in [-0.2, -0.15) is 0 Å². The van der Waals surface area contributed by atoms with Crippen LogP contribution in [-0.2, 0) is 0 Å². The molecule has 2 heterocycles. The zero-order valence-corrected chi connectivity index (χ0v) is 16.1. The Morgan fingerprint density at radius 3 is 2.62 bits per heavy atom. The molecule has 1 fully saturated rings. The normalized spacial score (nSPS) is 13.0. The van der Waals surface area contributed by atoms with Crippen molar-refractivity contribution >= 4 is 10.9 Å². The zero-order chi connectivity index (χ0) is 19.6. The van der Waals surface area contributed by atoms with E-state index >= 15 is 0 Å². The van der Waals surface area contributed by atoms with Crippen LogP contribution in [0.25, 0.3) is 33.7 Å². The number of ether oxygens (including phenoxy) is 1. The van der Waals surface area contributed by atoms with Gasteiger partial charge < -0.3 is 4.74 Å². The molecule has 140 valence electrons. The van der Waals surface area contributed by atoms with Crippen LogP contribution in [-0.4, -0.2) is 22.1 Å². The highest BCUT2D eigenvalue weighted by Crippen LogP contribution is 2.30. The quantitative estimate of drug-likeness (QED) is 0.465. The number of nitrogens with zero attached hydrogens (tertiary/aromatic N) is 3. The minimum atomic E-state index is 0.539. The molecule has 0 bridgehead atoms. The van der Waals surface area contributed by atoms with E-state index in [9.17, 15) is 0 Å². The number of para-hydroxylation sites is 1. The molecule has 4 aromatic rings. The van der Waals surface area contributed by atoms with E-state index in [0.29, 0.717) is 11.7 Å². The molecule has 1 saturated carbocycles. The Morgan fingerprint density at radius 1 is 0.897 bits per heavy atom. The molecule has 2 aromatic carbocycles. The second-order valence-electron chi connectivity index (χ2n) is 7.10. The first-order valence-corrected chi connectivity index (χ1v) is 9.70. The van der Waals surface area contributed by atoms with Gasteiger partial charge in [0, 0.05) is 16.9 Å². The fourth-order valence-corrected chi connectivity index (χ4v) is 3.21. The SMILES string of the molecule is COc1cccc(-c2nc(-c3cccc(C#CC4CC4)n3)nc3ccccc23)c1. The van der Waals surface area contributed by atoms with Crippen LogP contribution in [0.5, 0.6) is 5.75 Å². The van der Waals surface area contributed by atoms with Crippen LogP contribution in [0.15, 0.2) is 66.7 Å². The lowest BCUT2D eigenvalue weighted by Gasteiger charge is -2.10. The lowest BCUT2D eigenvalue weighted by atomic mass is 10.1. The van der Waals surface area contributed by atoms with Crippen molar-refractivity contribution in [3.05, 3.63) is 72.4 Å². The van der Waals surface area contributed by atoms with Gasteiger partial charge in [-0.3, -0.25) is 0 Å². The summed E-state index contributed by atoms with van der Waals surface area (Å²) in [7, 11) is 1.67. The number of aromatic nitrogens is 3. The molecule has 0 unspecified atom stereocenters. The summed E-state index contributed by atoms with van der Waals surface area (Å²) in [6.45, 7) is 0. The summed E-state index contributed by atoms with van der Waals surface area (Å²) in [6.07, 6.45) is 2.40. The molecule has 1 aliphatic carbocycles. The predicted molar refractivity (Wildman–Crippen MR) is 114 cm³/mol. The van der Waals surface area contributed by atoms with Crippen LogP contribution in [0.1, 0.15) is 18.5 Å². The van der Waals surface area contributed by atoms with Gasteiger partial charge in [0.15, 0.2) is 5.82 Å². The minimum Gasteiger partial charge on any atom is -0.497 e. The molecule has 0 amide bonds. The van der Waals surface area contributed by atoms with Crippen molar-refractivity contribution in [2.45, 2.75) is 12.8 Å². The number of benzene rings is 2. The summed E-state index contributed by atoms with van der Waals surface area (Å²) in [5, 5.41) is 0.995. The molecule has 4 heteroatoms. The van der Waals surface area contributed by atoms with Crippen molar-refractivity contribution in [3.8, 4) is 40.4 Å². The Morgan fingerprint density at radius 2 is 1.76 bits per heavy atom. The maximum Gasteiger partial charge on any atom is 0.179 e. The molecule has 0 atom stereocenters. The first-order chi connectivity index (χ1) is 14.3. The van der Waals surface area contributed by atoms with Gasteiger partial charge >= 0.3 is 0 Å². The molecular weight excluding hydrogens is 358 g/mol. The van der Waals surface area contributed by atoms with Crippen molar-refractivity contribution in [3.63, 3.8) is 0 Å². The van der Waals surface area contributed by atoms with Crippen LogP contribution >= 0.6 is 0 Å². The Balaban J connectivity index is 1.66. The number of fused-ring (bicyclic) bond motifs is 1. The number of methoxy groups -OCH3 is 1. The number of hydrogen-bond acceptors (Lipinski definition) is 4. The Hall–Kier alpha value is -3.71. The number of pyridine rings is 1. The van der Waals surface area contributed by atoms with Crippen molar-refractivity contribution in [2.24, 2.45) is 5.92 Å². The van der Waals surface area contributed by atoms with Gasteiger partial charge in [-0.25, -0.2) is 15.0 Å². The van der Waals surface area contributed by atoms with E-state index in [1.54, 1.807) is 7.11 Å². The highest BCUT2D eigenvalue weighted by Gasteiger charge is 2.18. The summed E-state index contributed by atoms with van der Waals surface area (Å²) < 4.78 is 5.40. The molecule has 0 N–H and O–H groups in total. The summed E-state index contributed by atoms with van der Waals surface area (Å²) in [6, 6.07) is 21.8. The van der Waals surface area contributed by atoms with E-state index in [-0.39, 0.29) is 0 Å². The van der Waals surface area contributed by atoms with Crippen molar-refractivity contribution in [1.82, 2.24) is 15.0 Å². The molecule has 29 heavy (non-hydrogen) atoms. The predicted octanol–water partition coefficient (Wildman–Crippen LogP) is 5.13. The van der Waals surface area contributed by atoms with Crippen molar-refractivity contribution in [1.29, 1.82) is 0 Å².